The van der Waals surface area contributed by atoms with E-state index in [0.717, 1.165) is 5.76 Å². The highest BCUT2D eigenvalue weighted by molar-refractivity contribution is 5.80. The average Bonchev–Trinajstić information content (AvgIpc) is 2.94. The molecule has 0 saturated carbocycles. The molecule has 0 aromatic carbocycles. The third-order valence-corrected chi connectivity index (χ3v) is 2.95. The number of ether oxygens (including phenoxy) is 1. The number of aryl methyl sites for hydroxylation is 1. The van der Waals surface area contributed by atoms with Gasteiger partial charge in [0.1, 0.15) is 12.3 Å². The molecule has 1 rings (SSSR count). The first-order valence-electron chi connectivity index (χ1n) is 6.81. The maximum atomic E-state index is 12.0. The second kappa shape index (κ2) is 9.02. The van der Waals surface area contributed by atoms with Gasteiger partial charge in [0.05, 0.1) is 12.9 Å². The third kappa shape index (κ3) is 6.80. The number of hydrogen-bond acceptors (Lipinski definition) is 4. The minimum Gasteiger partial charge on any atom is -0.480 e. The largest absolute Gasteiger partial charge is 0.480 e. The summed E-state index contributed by atoms with van der Waals surface area (Å²) in [7, 11) is 1.50. The van der Waals surface area contributed by atoms with E-state index in [1.807, 2.05) is 19.1 Å². The van der Waals surface area contributed by atoms with Crippen molar-refractivity contribution in [1.29, 1.82) is 0 Å². The van der Waals surface area contributed by atoms with Gasteiger partial charge in [0.2, 0.25) is 0 Å². The van der Waals surface area contributed by atoms with Crippen molar-refractivity contribution in [2.45, 2.75) is 25.8 Å². The lowest BCUT2D eigenvalue weighted by atomic mass is 10.1. The van der Waals surface area contributed by atoms with Crippen LogP contribution < -0.4 is 5.32 Å². The summed E-state index contributed by atoms with van der Waals surface area (Å²) in [5.74, 6) is -0.192. The lowest BCUT2D eigenvalue weighted by Crippen LogP contribution is -2.47. The Labute approximate surface area is 123 Å². The van der Waals surface area contributed by atoms with Crippen LogP contribution in [0.25, 0.3) is 0 Å². The molecule has 0 bridgehead atoms. The van der Waals surface area contributed by atoms with Crippen molar-refractivity contribution in [2.24, 2.45) is 0 Å². The molecule has 0 saturated heterocycles. The van der Waals surface area contributed by atoms with Crippen molar-refractivity contribution >= 4 is 12.0 Å². The van der Waals surface area contributed by atoms with Gasteiger partial charge in [0, 0.05) is 26.1 Å². The molecular weight excluding hydrogens is 276 g/mol. The molecule has 1 unspecified atom stereocenters. The monoisotopic (exact) mass is 298 g/mol. The molecular formula is C14H22N2O5. The van der Waals surface area contributed by atoms with E-state index in [4.69, 9.17) is 14.3 Å². The normalized spacial score (nSPS) is 11.9. The molecule has 1 aromatic heterocycles. The molecule has 0 spiro atoms. The van der Waals surface area contributed by atoms with Crippen LogP contribution in [0.1, 0.15) is 19.1 Å². The molecule has 0 aliphatic heterocycles. The van der Waals surface area contributed by atoms with Gasteiger partial charge in [-0.3, -0.25) is 4.79 Å². The number of urea groups is 1. The predicted octanol–water partition coefficient (Wildman–Crippen LogP) is 1.34. The van der Waals surface area contributed by atoms with Gasteiger partial charge in [-0.05, 0) is 25.5 Å². The molecule has 7 heteroatoms. The maximum absolute atomic E-state index is 12.0. The molecule has 0 radical (unpaired) electrons. The van der Waals surface area contributed by atoms with E-state index in [1.165, 1.54) is 12.0 Å². The van der Waals surface area contributed by atoms with E-state index in [1.54, 1.807) is 6.26 Å². The summed E-state index contributed by atoms with van der Waals surface area (Å²) in [4.78, 5) is 24.0. The molecule has 0 aliphatic carbocycles. The van der Waals surface area contributed by atoms with Crippen LogP contribution in [-0.4, -0.2) is 54.9 Å². The van der Waals surface area contributed by atoms with Crippen molar-refractivity contribution in [2.75, 3.05) is 26.8 Å². The number of amides is 2. The van der Waals surface area contributed by atoms with Crippen LogP contribution in [0.3, 0.4) is 0 Å². The van der Waals surface area contributed by atoms with Crippen LogP contribution in [0.2, 0.25) is 0 Å². The first kappa shape index (κ1) is 17.0. The van der Waals surface area contributed by atoms with Crippen LogP contribution in [-0.2, 0) is 16.0 Å². The Morgan fingerprint density at radius 3 is 2.86 bits per heavy atom. The van der Waals surface area contributed by atoms with E-state index in [9.17, 15) is 9.59 Å². The second-order valence-corrected chi connectivity index (χ2v) is 4.78. The topological polar surface area (TPSA) is 92.0 Å². The van der Waals surface area contributed by atoms with Crippen LogP contribution in [0.15, 0.2) is 22.8 Å². The first-order chi connectivity index (χ1) is 10.0. The predicted molar refractivity (Wildman–Crippen MR) is 76.1 cm³/mol. The molecule has 2 N–H and O–H groups in total. The minimum atomic E-state index is -1.05. The van der Waals surface area contributed by atoms with E-state index in [-0.39, 0.29) is 19.1 Å². The van der Waals surface area contributed by atoms with Gasteiger partial charge in [-0.25, -0.2) is 4.79 Å². The fourth-order valence-electron chi connectivity index (χ4n) is 1.80. The molecule has 0 aliphatic rings. The summed E-state index contributed by atoms with van der Waals surface area (Å²) >= 11 is 0. The number of carboxylic acids is 1. The number of nitrogens with zero attached hydrogens (tertiary/aromatic N) is 1. The summed E-state index contributed by atoms with van der Waals surface area (Å²) in [5, 5.41) is 11.6. The molecule has 1 heterocycles. The van der Waals surface area contributed by atoms with Gasteiger partial charge in [-0.15, -0.1) is 0 Å². The van der Waals surface area contributed by atoms with E-state index in [2.05, 4.69) is 5.32 Å². The lowest BCUT2D eigenvalue weighted by molar-refractivity contribution is -0.137. The SMILES string of the molecule is COCCN(CC(=O)O)C(=O)NC(C)CCc1ccco1. The number of rotatable bonds is 9. The van der Waals surface area contributed by atoms with Crippen LogP contribution in [0.5, 0.6) is 0 Å². The quantitative estimate of drug-likeness (QED) is 0.718. The zero-order chi connectivity index (χ0) is 15.7. The Bertz CT molecular complexity index is 433. The van der Waals surface area contributed by atoms with Crippen molar-refractivity contribution in [3.05, 3.63) is 24.2 Å². The number of carbonyl (C=O) groups excluding carboxylic acids is 1. The van der Waals surface area contributed by atoms with Crippen LogP contribution in [0.4, 0.5) is 4.79 Å². The fourth-order valence-corrected chi connectivity index (χ4v) is 1.80. The number of hydrogen-bond donors (Lipinski definition) is 2. The van der Waals surface area contributed by atoms with Crippen LogP contribution >= 0.6 is 0 Å². The number of carbonyl (C=O) groups is 2. The first-order valence-corrected chi connectivity index (χ1v) is 6.81. The number of methoxy groups -OCH3 is 1. The zero-order valence-corrected chi connectivity index (χ0v) is 12.4. The van der Waals surface area contributed by atoms with Gasteiger partial charge in [-0.1, -0.05) is 0 Å². The Balaban J connectivity index is 2.40. The number of nitrogens with one attached hydrogen (secondary N) is 1. The Morgan fingerprint density at radius 2 is 2.29 bits per heavy atom. The summed E-state index contributed by atoms with van der Waals surface area (Å²) in [5.41, 5.74) is 0. The second-order valence-electron chi connectivity index (χ2n) is 4.78. The molecule has 118 valence electrons. The summed E-state index contributed by atoms with van der Waals surface area (Å²) < 4.78 is 10.1. The molecule has 1 atom stereocenters. The number of furan rings is 1. The van der Waals surface area contributed by atoms with Gasteiger partial charge in [0.15, 0.2) is 0 Å². The van der Waals surface area contributed by atoms with Gasteiger partial charge in [0.25, 0.3) is 0 Å². The van der Waals surface area contributed by atoms with Crippen LogP contribution in [0, 0.1) is 0 Å². The van der Waals surface area contributed by atoms with Crippen molar-refractivity contribution < 1.29 is 23.8 Å². The van der Waals surface area contributed by atoms with Gasteiger partial charge < -0.3 is 24.5 Å². The molecule has 1 aromatic rings. The van der Waals surface area contributed by atoms with Crippen molar-refractivity contribution in [1.82, 2.24) is 10.2 Å². The summed E-state index contributed by atoms with van der Waals surface area (Å²) in [6.45, 7) is 2.05. The summed E-state index contributed by atoms with van der Waals surface area (Å²) in [6, 6.07) is 3.21. The lowest BCUT2D eigenvalue weighted by Gasteiger charge is -2.23. The van der Waals surface area contributed by atoms with Crippen molar-refractivity contribution in [3.8, 4) is 0 Å². The molecule has 7 nitrogen and oxygen atoms in total. The highest BCUT2D eigenvalue weighted by Crippen LogP contribution is 2.06. The Hall–Kier alpha value is -2.02. The smallest absolute Gasteiger partial charge is 0.323 e. The Kier molecular flexibility index (Phi) is 7.31. The Morgan fingerprint density at radius 1 is 1.52 bits per heavy atom. The molecule has 21 heavy (non-hydrogen) atoms. The maximum Gasteiger partial charge on any atom is 0.323 e. The van der Waals surface area contributed by atoms with Gasteiger partial charge >= 0.3 is 12.0 Å². The van der Waals surface area contributed by atoms with E-state index >= 15 is 0 Å². The average molecular weight is 298 g/mol. The minimum absolute atomic E-state index is 0.0820. The highest BCUT2D eigenvalue weighted by atomic mass is 16.5. The number of aliphatic carboxylic acids is 1. The zero-order valence-electron chi connectivity index (χ0n) is 12.4. The standard InChI is InChI=1S/C14H22N2O5/c1-11(5-6-12-4-3-8-21-12)15-14(19)16(7-9-20-2)10-13(17)18/h3-4,8,11H,5-7,9-10H2,1-2H3,(H,15,19)(H,17,18). The molecule has 2 amide bonds. The molecule has 0 fully saturated rings. The highest BCUT2D eigenvalue weighted by Gasteiger charge is 2.18. The third-order valence-electron chi connectivity index (χ3n) is 2.95. The summed E-state index contributed by atoms with van der Waals surface area (Å²) in [6.07, 6.45) is 3.04. The van der Waals surface area contributed by atoms with Crippen molar-refractivity contribution in [3.63, 3.8) is 0 Å². The van der Waals surface area contributed by atoms with E-state index < -0.39 is 12.0 Å². The van der Waals surface area contributed by atoms with E-state index in [0.29, 0.717) is 19.4 Å². The van der Waals surface area contributed by atoms with Gasteiger partial charge in [-0.2, -0.15) is 0 Å². The fraction of sp³-hybridized carbons (Fsp3) is 0.571. The number of carboxylic acid groups (broad SMARTS) is 1.